The highest BCUT2D eigenvalue weighted by Gasteiger charge is 2.19. The van der Waals surface area contributed by atoms with Gasteiger partial charge in [-0.15, -0.1) is 11.3 Å². The van der Waals surface area contributed by atoms with Gasteiger partial charge in [0.15, 0.2) is 0 Å². The number of amides is 1. The minimum absolute atomic E-state index is 0.0166. The van der Waals surface area contributed by atoms with Crippen LogP contribution < -0.4 is 10.1 Å². The van der Waals surface area contributed by atoms with Crippen LogP contribution in [0.25, 0.3) is 22.2 Å². The van der Waals surface area contributed by atoms with Crippen molar-refractivity contribution in [3.05, 3.63) is 41.3 Å². The first-order valence-corrected chi connectivity index (χ1v) is 9.94. The summed E-state index contributed by atoms with van der Waals surface area (Å²) in [5, 5.41) is 7.19. The summed E-state index contributed by atoms with van der Waals surface area (Å²) in [6, 6.07) is 11.4. The lowest BCUT2D eigenvalue weighted by Crippen LogP contribution is -2.35. The van der Waals surface area contributed by atoms with E-state index in [0.717, 1.165) is 29.0 Å². The maximum absolute atomic E-state index is 12.5. The van der Waals surface area contributed by atoms with E-state index in [-0.39, 0.29) is 5.91 Å². The molecule has 1 aromatic carbocycles. The van der Waals surface area contributed by atoms with Gasteiger partial charge in [0.2, 0.25) is 5.82 Å². The molecule has 1 aliphatic rings. The second-order valence-electron chi connectivity index (χ2n) is 6.62. The van der Waals surface area contributed by atoms with Crippen molar-refractivity contribution in [2.24, 2.45) is 0 Å². The summed E-state index contributed by atoms with van der Waals surface area (Å²) in [6.07, 6.45) is 5.79. The normalized spacial score (nSPS) is 14.9. The van der Waals surface area contributed by atoms with Crippen molar-refractivity contribution in [1.82, 2.24) is 15.5 Å². The van der Waals surface area contributed by atoms with Gasteiger partial charge in [-0.05, 0) is 49.2 Å². The van der Waals surface area contributed by atoms with Crippen LogP contribution in [0.4, 0.5) is 0 Å². The first kappa shape index (κ1) is 17.7. The predicted octanol–water partition coefficient (Wildman–Crippen LogP) is 4.54. The van der Waals surface area contributed by atoms with Gasteiger partial charge in [-0.3, -0.25) is 4.79 Å². The Hall–Kier alpha value is -2.67. The van der Waals surface area contributed by atoms with Crippen molar-refractivity contribution < 1.29 is 14.1 Å². The van der Waals surface area contributed by atoms with Crippen molar-refractivity contribution in [2.45, 2.75) is 38.1 Å². The van der Waals surface area contributed by atoms with Gasteiger partial charge in [0.25, 0.3) is 11.8 Å². The van der Waals surface area contributed by atoms with Crippen molar-refractivity contribution in [3.63, 3.8) is 0 Å². The minimum atomic E-state index is -0.0166. The van der Waals surface area contributed by atoms with E-state index in [1.165, 1.54) is 30.6 Å². The molecular weight excluding hydrogens is 362 g/mol. The number of hydrogen-bond acceptors (Lipinski definition) is 6. The number of nitrogens with zero attached hydrogens (tertiary/aromatic N) is 2. The average Bonchev–Trinajstić information content (AvgIpc) is 3.38. The zero-order chi connectivity index (χ0) is 18.6. The molecule has 1 aliphatic carbocycles. The SMILES string of the molecule is COc1ccc(-c2nc(-c3ccc(C(=O)NC4CCCCC4)s3)no2)cc1. The number of thiophene rings is 1. The zero-order valence-electron chi connectivity index (χ0n) is 15.1. The van der Waals surface area contributed by atoms with E-state index in [1.54, 1.807) is 7.11 Å². The first-order valence-electron chi connectivity index (χ1n) is 9.12. The van der Waals surface area contributed by atoms with Crippen LogP contribution in [0.2, 0.25) is 0 Å². The molecular formula is C20H21N3O3S. The number of nitrogens with one attached hydrogen (secondary N) is 1. The molecule has 2 heterocycles. The third-order valence-electron chi connectivity index (χ3n) is 4.75. The Balaban J connectivity index is 1.46. The number of methoxy groups -OCH3 is 1. The van der Waals surface area contributed by atoms with Crippen LogP contribution in [0, 0.1) is 0 Å². The predicted molar refractivity (Wildman–Crippen MR) is 104 cm³/mol. The Kier molecular flexibility index (Phi) is 5.20. The first-order chi connectivity index (χ1) is 13.2. The molecule has 0 spiro atoms. The fraction of sp³-hybridized carbons (Fsp3) is 0.350. The molecule has 140 valence electrons. The van der Waals surface area contributed by atoms with Gasteiger partial charge in [-0.1, -0.05) is 24.4 Å². The summed E-state index contributed by atoms with van der Waals surface area (Å²) < 4.78 is 10.5. The molecule has 1 amide bonds. The van der Waals surface area contributed by atoms with Gasteiger partial charge >= 0.3 is 0 Å². The van der Waals surface area contributed by atoms with E-state index in [4.69, 9.17) is 9.26 Å². The summed E-state index contributed by atoms with van der Waals surface area (Å²) >= 11 is 1.38. The van der Waals surface area contributed by atoms with Crippen LogP contribution in [0.3, 0.4) is 0 Å². The molecule has 1 N–H and O–H groups in total. The molecule has 0 unspecified atom stereocenters. The Morgan fingerprint density at radius 1 is 1.15 bits per heavy atom. The third-order valence-corrected chi connectivity index (χ3v) is 5.83. The van der Waals surface area contributed by atoms with Gasteiger partial charge in [0, 0.05) is 11.6 Å². The molecule has 0 radical (unpaired) electrons. The fourth-order valence-electron chi connectivity index (χ4n) is 3.26. The second-order valence-corrected chi connectivity index (χ2v) is 7.71. The minimum Gasteiger partial charge on any atom is -0.497 e. The number of ether oxygens (including phenoxy) is 1. The van der Waals surface area contributed by atoms with Gasteiger partial charge in [-0.2, -0.15) is 4.98 Å². The molecule has 6 nitrogen and oxygen atoms in total. The lowest BCUT2D eigenvalue weighted by atomic mass is 9.95. The quantitative estimate of drug-likeness (QED) is 0.700. The number of hydrogen-bond donors (Lipinski definition) is 1. The van der Waals surface area contributed by atoms with Gasteiger partial charge in [-0.25, -0.2) is 0 Å². The molecule has 0 aliphatic heterocycles. The van der Waals surface area contributed by atoms with E-state index in [0.29, 0.717) is 22.6 Å². The van der Waals surface area contributed by atoms with Crippen molar-refractivity contribution in [3.8, 4) is 27.9 Å². The van der Waals surface area contributed by atoms with E-state index >= 15 is 0 Å². The highest BCUT2D eigenvalue weighted by Crippen LogP contribution is 2.29. The second kappa shape index (κ2) is 7.92. The van der Waals surface area contributed by atoms with E-state index in [1.807, 2.05) is 36.4 Å². The zero-order valence-corrected chi connectivity index (χ0v) is 15.9. The highest BCUT2D eigenvalue weighted by molar-refractivity contribution is 7.17. The number of carbonyl (C=O) groups is 1. The molecule has 3 aromatic rings. The van der Waals surface area contributed by atoms with Crippen LogP contribution in [-0.2, 0) is 0 Å². The molecule has 1 fully saturated rings. The van der Waals surface area contributed by atoms with Crippen LogP contribution in [0.15, 0.2) is 40.9 Å². The Morgan fingerprint density at radius 2 is 1.93 bits per heavy atom. The van der Waals surface area contributed by atoms with Crippen molar-refractivity contribution in [1.29, 1.82) is 0 Å². The topological polar surface area (TPSA) is 77.2 Å². The molecule has 7 heteroatoms. The number of rotatable bonds is 5. The Labute approximate surface area is 161 Å². The van der Waals surface area contributed by atoms with Gasteiger partial charge < -0.3 is 14.6 Å². The lowest BCUT2D eigenvalue weighted by molar-refractivity contribution is 0.0932. The smallest absolute Gasteiger partial charge is 0.261 e. The fourth-order valence-corrected chi connectivity index (χ4v) is 4.09. The standard InChI is InChI=1S/C20H21N3O3S/c1-25-15-9-7-13(8-10-15)20-22-18(23-26-20)16-11-12-17(27-16)19(24)21-14-5-3-2-4-6-14/h7-12,14H,2-6H2,1H3,(H,21,24). The summed E-state index contributed by atoms with van der Waals surface area (Å²) in [5.41, 5.74) is 0.821. The molecule has 4 rings (SSSR count). The Bertz CT molecular complexity index is 911. The van der Waals surface area contributed by atoms with E-state index < -0.39 is 0 Å². The molecule has 0 saturated heterocycles. The summed E-state index contributed by atoms with van der Waals surface area (Å²) in [4.78, 5) is 18.4. The number of benzene rings is 1. The van der Waals surface area contributed by atoms with Crippen molar-refractivity contribution >= 4 is 17.2 Å². The van der Waals surface area contributed by atoms with Gasteiger partial charge in [0.1, 0.15) is 5.75 Å². The maximum atomic E-state index is 12.5. The Morgan fingerprint density at radius 3 is 2.67 bits per heavy atom. The van der Waals surface area contributed by atoms with E-state index in [9.17, 15) is 4.79 Å². The molecule has 2 aromatic heterocycles. The molecule has 0 bridgehead atoms. The number of aromatic nitrogens is 2. The largest absolute Gasteiger partial charge is 0.497 e. The van der Waals surface area contributed by atoms with Crippen LogP contribution in [-0.4, -0.2) is 29.2 Å². The summed E-state index contributed by atoms with van der Waals surface area (Å²) in [6.45, 7) is 0. The van der Waals surface area contributed by atoms with Gasteiger partial charge in [0.05, 0.1) is 16.9 Å². The lowest BCUT2D eigenvalue weighted by Gasteiger charge is -2.22. The van der Waals surface area contributed by atoms with Crippen molar-refractivity contribution in [2.75, 3.05) is 7.11 Å². The van der Waals surface area contributed by atoms with Crippen LogP contribution in [0.1, 0.15) is 41.8 Å². The maximum Gasteiger partial charge on any atom is 0.261 e. The summed E-state index contributed by atoms with van der Waals surface area (Å²) in [5.74, 6) is 1.68. The van der Waals surface area contributed by atoms with Crippen LogP contribution >= 0.6 is 11.3 Å². The molecule has 1 saturated carbocycles. The van der Waals surface area contributed by atoms with E-state index in [2.05, 4.69) is 15.5 Å². The highest BCUT2D eigenvalue weighted by atomic mass is 32.1. The molecule has 27 heavy (non-hydrogen) atoms. The summed E-state index contributed by atoms with van der Waals surface area (Å²) in [7, 11) is 1.62. The van der Waals surface area contributed by atoms with Crippen LogP contribution in [0.5, 0.6) is 5.75 Å². The monoisotopic (exact) mass is 383 g/mol. The number of carbonyl (C=O) groups excluding carboxylic acids is 1. The molecule has 0 atom stereocenters. The average molecular weight is 383 g/mol. The third kappa shape index (κ3) is 4.03.